The minimum Gasteiger partial charge on any atom is -0.493 e. The number of nitrogens with zero attached hydrogens (tertiary/aromatic N) is 1. The highest BCUT2D eigenvalue weighted by Gasteiger charge is 2.29. The number of hydrogen-bond donors (Lipinski definition) is 0. The Balaban J connectivity index is 2.28. The fraction of sp³-hybridized carbons (Fsp3) is 0.438. The molecule has 0 bridgehead atoms. The van der Waals surface area contributed by atoms with Gasteiger partial charge in [-0.3, -0.25) is 0 Å². The van der Waals surface area contributed by atoms with Crippen molar-refractivity contribution in [3.63, 3.8) is 0 Å². The lowest BCUT2D eigenvalue weighted by molar-refractivity contribution is 0.0946. The van der Waals surface area contributed by atoms with Gasteiger partial charge in [0.25, 0.3) is 0 Å². The van der Waals surface area contributed by atoms with Crippen molar-refractivity contribution in [2.75, 3.05) is 27.4 Å². The number of fused-ring (bicyclic) bond motifs is 1. The molecule has 0 saturated heterocycles. The lowest BCUT2D eigenvalue weighted by Crippen LogP contribution is -2.39. The van der Waals surface area contributed by atoms with Gasteiger partial charge in [-0.1, -0.05) is 12.7 Å². The molecule has 1 aliphatic heterocycles. The smallest absolute Gasteiger partial charge is 0.410 e. The first-order chi connectivity index (χ1) is 10.1. The van der Waals surface area contributed by atoms with Crippen LogP contribution in [0.4, 0.5) is 4.79 Å². The maximum Gasteiger partial charge on any atom is 0.410 e. The van der Waals surface area contributed by atoms with Gasteiger partial charge in [-0.2, -0.15) is 0 Å². The van der Waals surface area contributed by atoms with E-state index in [1.165, 1.54) is 5.56 Å². The maximum atomic E-state index is 12.1. The summed E-state index contributed by atoms with van der Waals surface area (Å²) in [6.07, 6.45) is 2.01. The molecule has 1 amide bonds. The van der Waals surface area contributed by atoms with E-state index in [9.17, 15) is 4.79 Å². The molecule has 1 aliphatic rings. The van der Waals surface area contributed by atoms with Crippen LogP contribution in [0, 0.1) is 0 Å². The van der Waals surface area contributed by atoms with Gasteiger partial charge in [-0.25, -0.2) is 4.79 Å². The Kier molecular flexibility index (Phi) is 4.73. The van der Waals surface area contributed by atoms with Crippen molar-refractivity contribution >= 4 is 6.09 Å². The van der Waals surface area contributed by atoms with Crippen LogP contribution in [0.25, 0.3) is 0 Å². The molecule has 1 aromatic carbocycles. The van der Waals surface area contributed by atoms with Crippen molar-refractivity contribution in [1.82, 2.24) is 4.90 Å². The molecule has 1 heterocycles. The monoisotopic (exact) mass is 291 g/mol. The first kappa shape index (κ1) is 15.2. The lowest BCUT2D eigenvalue weighted by Gasteiger charge is -2.34. The largest absolute Gasteiger partial charge is 0.493 e. The average Bonchev–Trinajstić information content (AvgIpc) is 2.51. The number of carbonyl (C=O) groups excluding carboxylic acids is 1. The molecule has 0 aromatic heterocycles. The van der Waals surface area contributed by atoms with Crippen molar-refractivity contribution in [2.45, 2.75) is 19.4 Å². The van der Waals surface area contributed by atoms with Gasteiger partial charge < -0.3 is 19.1 Å². The van der Waals surface area contributed by atoms with E-state index in [-0.39, 0.29) is 18.7 Å². The fourth-order valence-electron chi connectivity index (χ4n) is 2.61. The van der Waals surface area contributed by atoms with E-state index < -0.39 is 0 Å². The number of methoxy groups -OCH3 is 2. The Hall–Kier alpha value is -2.17. The van der Waals surface area contributed by atoms with Crippen LogP contribution in [0.5, 0.6) is 11.5 Å². The fourth-order valence-corrected chi connectivity index (χ4v) is 2.61. The molecule has 21 heavy (non-hydrogen) atoms. The Morgan fingerprint density at radius 1 is 1.38 bits per heavy atom. The molecule has 0 saturated carbocycles. The van der Waals surface area contributed by atoms with Crippen molar-refractivity contribution in [3.05, 3.63) is 35.9 Å². The van der Waals surface area contributed by atoms with Gasteiger partial charge in [0.2, 0.25) is 0 Å². The van der Waals surface area contributed by atoms with Gasteiger partial charge in [0.05, 0.1) is 20.3 Å². The SMILES string of the molecule is C=CCOC(=O)N1CCc2cc(OC)c(OC)cc2[C@H]1C. The number of hydrogen-bond acceptors (Lipinski definition) is 4. The molecule has 5 nitrogen and oxygen atoms in total. The highest BCUT2D eigenvalue weighted by atomic mass is 16.6. The molecule has 0 fully saturated rings. The van der Waals surface area contributed by atoms with Crippen LogP contribution in [0.2, 0.25) is 0 Å². The molecule has 114 valence electrons. The van der Waals surface area contributed by atoms with E-state index >= 15 is 0 Å². The molecular weight excluding hydrogens is 270 g/mol. The summed E-state index contributed by atoms with van der Waals surface area (Å²) < 4.78 is 15.8. The zero-order chi connectivity index (χ0) is 15.4. The number of benzene rings is 1. The molecular formula is C16H21NO4. The molecule has 2 rings (SSSR count). The second kappa shape index (κ2) is 6.52. The summed E-state index contributed by atoms with van der Waals surface area (Å²) >= 11 is 0. The molecule has 0 unspecified atom stereocenters. The zero-order valence-corrected chi connectivity index (χ0v) is 12.7. The second-order valence-corrected chi connectivity index (χ2v) is 4.89. The van der Waals surface area contributed by atoms with E-state index in [2.05, 4.69) is 6.58 Å². The summed E-state index contributed by atoms with van der Waals surface area (Å²) in [6, 6.07) is 3.86. The predicted octanol–water partition coefficient (Wildman–Crippen LogP) is 2.95. The van der Waals surface area contributed by atoms with Crippen LogP contribution in [0.3, 0.4) is 0 Å². The van der Waals surface area contributed by atoms with Crippen molar-refractivity contribution < 1.29 is 19.0 Å². The van der Waals surface area contributed by atoms with Crippen LogP contribution in [0.1, 0.15) is 24.1 Å². The molecule has 0 radical (unpaired) electrons. The average molecular weight is 291 g/mol. The van der Waals surface area contributed by atoms with Crippen LogP contribution in [-0.2, 0) is 11.2 Å². The van der Waals surface area contributed by atoms with E-state index in [0.717, 1.165) is 12.0 Å². The van der Waals surface area contributed by atoms with Crippen LogP contribution in [-0.4, -0.2) is 38.4 Å². The number of carbonyl (C=O) groups is 1. The molecule has 5 heteroatoms. The predicted molar refractivity (Wildman–Crippen MR) is 79.9 cm³/mol. The van der Waals surface area contributed by atoms with Crippen LogP contribution < -0.4 is 9.47 Å². The van der Waals surface area contributed by atoms with Crippen LogP contribution in [0.15, 0.2) is 24.8 Å². The Bertz CT molecular complexity index is 541. The third-order valence-electron chi connectivity index (χ3n) is 3.74. The van der Waals surface area contributed by atoms with Gasteiger partial charge in [0, 0.05) is 6.54 Å². The van der Waals surface area contributed by atoms with E-state index in [4.69, 9.17) is 14.2 Å². The standard InChI is InChI=1S/C16H21NO4/c1-5-8-21-16(18)17-7-6-12-9-14(19-3)15(20-4)10-13(12)11(17)2/h5,9-11H,1,6-8H2,2-4H3/t11-/m1/s1. The van der Waals surface area contributed by atoms with Crippen molar-refractivity contribution in [1.29, 1.82) is 0 Å². The summed E-state index contributed by atoms with van der Waals surface area (Å²) in [5, 5.41) is 0. The number of amides is 1. The minimum atomic E-state index is -0.317. The number of rotatable bonds is 4. The molecule has 0 aliphatic carbocycles. The highest BCUT2D eigenvalue weighted by Crippen LogP contribution is 2.37. The normalized spacial score (nSPS) is 16.9. The summed E-state index contributed by atoms with van der Waals surface area (Å²) in [4.78, 5) is 13.8. The first-order valence-electron chi connectivity index (χ1n) is 6.91. The van der Waals surface area contributed by atoms with E-state index in [1.54, 1.807) is 25.2 Å². The van der Waals surface area contributed by atoms with E-state index in [1.807, 2.05) is 19.1 Å². The molecule has 1 atom stereocenters. The second-order valence-electron chi connectivity index (χ2n) is 4.89. The maximum absolute atomic E-state index is 12.1. The number of ether oxygens (including phenoxy) is 3. The highest BCUT2D eigenvalue weighted by molar-refractivity contribution is 5.69. The van der Waals surface area contributed by atoms with E-state index in [0.29, 0.717) is 18.0 Å². The summed E-state index contributed by atoms with van der Waals surface area (Å²) in [6.45, 7) is 6.38. The summed E-state index contributed by atoms with van der Waals surface area (Å²) in [5.41, 5.74) is 2.24. The topological polar surface area (TPSA) is 48.0 Å². The third kappa shape index (κ3) is 2.96. The van der Waals surface area contributed by atoms with Crippen LogP contribution >= 0.6 is 0 Å². The molecule has 1 aromatic rings. The first-order valence-corrected chi connectivity index (χ1v) is 6.91. The third-order valence-corrected chi connectivity index (χ3v) is 3.74. The van der Waals surface area contributed by atoms with Gasteiger partial charge in [0.1, 0.15) is 6.61 Å². The van der Waals surface area contributed by atoms with Crippen molar-refractivity contribution in [3.8, 4) is 11.5 Å². The summed E-state index contributed by atoms with van der Waals surface area (Å²) in [7, 11) is 3.23. The molecule has 0 spiro atoms. The van der Waals surface area contributed by atoms with Gasteiger partial charge in [-0.15, -0.1) is 0 Å². The molecule has 0 N–H and O–H groups in total. The quantitative estimate of drug-likeness (QED) is 0.800. The minimum absolute atomic E-state index is 0.0640. The van der Waals surface area contributed by atoms with Gasteiger partial charge in [0.15, 0.2) is 11.5 Å². The summed E-state index contributed by atoms with van der Waals surface area (Å²) in [5.74, 6) is 1.38. The van der Waals surface area contributed by atoms with Gasteiger partial charge >= 0.3 is 6.09 Å². The Morgan fingerprint density at radius 2 is 2.05 bits per heavy atom. The van der Waals surface area contributed by atoms with Gasteiger partial charge in [-0.05, 0) is 36.6 Å². The Labute approximate surface area is 125 Å². The Morgan fingerprint density at radius 3 is 2.67 bits per heavy atom. The zero-order valence-electron chi connectivity index (χ0n) is 12.7. The van der Waals surface area contributed by atoms with Crippen molar-refractivity contribution in [2.24, 2.45) is 0 Å². The lowest BCUT2D eigenvalue weighted by atomic mass is 9.93.